The molecule has 7 rings (SSSR count). The number of hydrogen-bond acceptors (Lipinski definition) is 4. The van der Waals surface area contributed by atoms with E-state index in [2.05, 4.69) is 107 Å². The fraction of sp³-hybridized carbons (Fsp3) is 0. The Labute approximate surface area is 243 Å². The quantitative estimate of drug-likeness (QED) is 0.211. The third-order valence-corrected chi connectivity index (χ3v) is 7.55. The summed E-state index contributed by atoms with van der Waals surface area (Å²) in [6.07, 6.45) is 0. The summed E-state index contributed by atoms with van der Waals surface area (Å²) in [7, 11) is 0. The van der Waals surface area contributed by atoms with Gasteiger partial charge >= 0.3 is 0 Å². The monoisotopic (exact) mass is 534 g/mol. The second-order valence-electron chi connectivity index (χ2n) is 10.0. The first-order valence-electron chi connectivity index (χ1n) is 13.6. The summed E-state index contributed by atoms with van der Waals surface area (Å²) in [5, 5.41) is 23.4. The van der Waals surface area contributed by atoms with Crippen molar-refractivity contribution in [1.29, 1.82) is 10.5 Å². The van der Waals surface area contributed by atoms with E-state index in [1.165, 1.54) is 0 Å². The Morgan fingerprint density at radius 1 is 0.381 bits per heavy atom. The molecule has 2 aromatic heterocycles. The van der Waals surface area contributed by atoms with Crippen LogP contribution < -0.4 is 0 Å². The normalized spacial score (nSPS) is 10.8. The highest BCUT2D eigenvalue weighted by molar-refractivity contribution is 6.21. The molecule has 0 saturated carbocycles. The van der Waals surface area contributed by atoms with Gasteiger partial charge in [0.15, 0.2) is 0 Å². The largest absolute Gasteiger partial charge is 0.237 e. The fourth-order valence-corrected chi connectivity index (χ4v) is 5.73. The van der Waals surface area contributed by atoms with E-state index in [1.807, 2.05) is 36.4 Å². The van der Waals surface area contributed by atoms with Gasteiger partial charge in [0, 0.05) is 11.1 Å². The summed E-state index contributed by atoms with van der Waals surface area (Å²) in [4.78, 5) is 9.07. The van der Waals surface area contributed by atoms with E-state index in [0.717, 1.165) is 66.3 Å². The number of rotatable bonds is 4. The van der Waals surface area contributed by atoms with Crippen LogP contribution in [0.3, 0.4) is 0 Å². The number of hydrogen-bond donors (Lipinski definition) is 0. The molecular weight excluding hydrogens is 512 g/mol. The summed E-state index contributed by atoms with van der Waals surface area (Å²) in [6, 6.07) is 49.2. The topological polar surface area (TPSA) is 73.4 Å². The van der Waals surface area contributed by atoms with Crippen molar-refractivity contribution in [3.63, 3.8) is 0 Å². The Morgan fingerprint density at radius 2 is 0.738 bits per heavy atom. The van der Waals surface area contributed by atoms with Gasteiger partial charge in [-0.3, -0.25) is 0 Å². The van der Waals surface area contributed by atoms with E-state index in [1.54, 1.807) is 12.1 Å². The average molecular weight is 535 g/mol. The molecule has 0 unspecified atom stereocenters. The molecule has 4 nitrogen and oxygen atoms in total. The van der Waals surface area contributed by atoms with Crippen LogP contribution >= 0.6 is 0 Å². The molecule has 0 amide bonds. The van der Waals surface area contributed by atoms with Crippen LogP contribution in [0.4, 0.5) is 0 Å². The van der Waals surface area contributed by atoms with E-state index in [0.29, 0.717) is 11.4 Å². The molecule has 0 aliphatic heterocycles. The second kappa shape index (κ2) is 10.5. The molecule has 0 N–H and O–H groups in total. The summed E-state index contributed by atoms with van der Waals surface area (Å²) >= 11 is 0. The molecule has 0 atom stereocenters. The summed E-state index contributed by atoms with van der Waals surface area (Å²) in [6.45, 7) is 0. The zero-order valence-corrected chi connectivity index (χ0v) is 22.5. The van der Waals surface area contributed by atoms with E-state index in [4.69, 9.17) is 0 Å². The zero-order valence-electron chi connectivity index (χ0n) is 22.5. The minimum absolute atomic E-state index is 0.398. The predicted octanol–water partition coefficient (Wildman–Crippen LogP) is 9.19. The van der Waals surface area contributed by atoms with Crippen molar-refractivity contribution in [2.24, 2.45) is 0 Å². The maximum Gasteiger partial charge on any atom is 0.141 e. The molecule has 0 aliphatic rings. The Balaban J connectivity index is 1.47. The van der Waals surface area contributed by atoms with Gasteiger partial charge in [0.1, 0.15) is 23.5 Å². The van der Waals surface area contributed by atoms with E-state index in [-0.39, 0.29) is 0 Å². The maximum atomic E-state index is 9.37. The smallest absolute Gasteiger partial charge is 0.141 e. The molecule has 5 aromatic carbocycles. The van der Waals surface area contributed by atoms with Crippen LogP contribution in [-0.4, -0.2) is 9.97 Å². The minimum atomic E-state index is 0.398. The maximum absolute atomic E-state index is 9.37. The number of nitrogens with zero attached hydrogens (tertiary/aromatic N) is 4. The highest BCUT2D eigenvalue weighted by atomic mass is 14.7. The van der Waals surface area contributed by atoms with Gasteiger partial charge in [-0.25, -0.2) is 9.97 Å². The minimum Gasteiger partial charge on any atom is -0.237 e. The number of pyridine rings is 2. The average Bonchev–Trinajstić information content (AvgIpc) is 3.07. The highest BCUT2D eigenvalue weighted by Gasteiger charge is 2.17. The van der Waals surface area contributed by atoms with Gasteiger partial charge in [0.05, 0.1) is 11.4 Å². The standard InChI is InChI=1S/C38H22N4/c39-23-29-13-7-19-35(41-29)25-9-5-11-27(21-25)37-31-15-1-2-16-32(31)38(34-18-4-3-17-33(34)37)28-12-6-10-26(22-28)36-20-8-14-30(24-40)42-36/h1-22H. The summed E-state index contributed by atoms with van der Waals surface area (Å²) in [5.41, 5.74) is 8.74. The van der Waals surface area contributed by atoms with Crippen molar-refractivity contribution >= 4 is 21.5 Å². The van der Waals surface area contributed by atoms with Crippen LogP contribution in [0.5, 0.6) is 0 Å². The first kappa shape index (κ1) is 24.9. The van der Waals surface area contributed by atoms with Crippen molar-refractivity contribution in [2.45, 2.75) is 0 Å². The molecule has 2 heterocycles. The molecule has 7 aromatic rings. The van der Waals surface area contributed by atoms with Gasteiger partial charge in [-0.2, -0.15) is 10.5 Å². The van der Waals surface area contributed by atoms with Gasteiger partial charge in [0.2, 0.25) is 0 Å². The van der Waals surface area contributed by atoms with Crippen molar-refractivity contribution in [3.8, 4) is 56.9 Å². The van der Waals surface area contributed by atoms with Crippen LogP contribution in [0.2, 0.25) is 0 Å². The number of benzene rings is 5. The van der Waals surface area contributed by atoms with Gasteiger partial charge in [0.25, 0.3) is 0 Å². The summed E-state index contributed by atoms with van der Waals surface area (Å²) < 4.78 is 0. The van der Waals surface area contributed by atoms with Crippen molar-refractivity contribution in [2.75, 3.05) is 0 Å². The van der Waals surface area contributed by atoms with Crippen molar-refractivity contribution < 1.29 is 0 Å². The van der Waals surface area contributed by atoms with Gasteiger partial charge < -0.3 is 0 Å². The van der Waals surface area contributed by atoms with Gasteiger partial charge in [-0.05, 0) is 80.2 Å². The molecule has 0 saturated heterocycles. The van der Waals surface area contributed by atoms with Crippen LogP contribution in [0.25, 0.3) is 66.3 Å². The lowest BCUT2D eigenvalue weighted by Crippen LogP contribution is -1.92. The molecule has 0 spiro atoms. The summed E-state index contributed by atoms with van der Waals surface area (Å²) in [5.74, 6) is 0. The van der Waals surface area contributed by atoms with Crippen molar-refractivity contribution in [3.05, 3.63) is 145 Å². The lowest BCUT2D eigenvalue weighted by Gasteiger charge is -2.18. The molecule has 4 heteroatoms. The second-order valence-corrected chi connectivity index (χ2v) is 10.0. The van der Waals surface area contributed by atoms with Crippen LogP contribution in [0.1, 0.15) is 11.4 Å². The number of fused-ring (bicyclic) bond motifs is 2. The van der Waals surface area contributed by atoms with E-state index in [9.17, 15) is 10.5 Å². The SMILES string of the molecule is N#Cc1cccc(-c2cccc(-c3c4ccccc4c(-c4cccc(-c5cccc(C#N)n5)c4)c4ccccc34)c2)n1. The molecule has 0 aliphatic carbocycles. The Bertz CT molecular complexity index is 2020. The molecule has 0 fully saturated rings. The third kappa shape index (κ3) is 4.34. The van der Waals surface area contributed by atoms with Crippen LogP contribution in [-0.2, 0) is 0 Å². The Hall–Kier alpha value is -6.10. The molecule has 0 bridgehead atoms. The lowest BCUT2D eigenvalue weighted by molar-refractivity contribution is 1.27. The predicted molar refractivity (Wildman–Crippen MR) is 168 cm³/mol. The lowest BCUT2D eigenvalue weighted by atomic mass is 9.85. The fourth-order valence-electron chi connectivity index (χ4n) is 5.73. The molecule has 194 valence electrons. The number of aromatic nitrogens is 2. The van der Waals surface area contributed by atoms with Crippen molar-refractivity contribution in [1.82, 2.24) is 9.97 Å². The van der Waals surface area contributed by atoms with E-state index < -0.39 is 0 Å². The molecule has 42 heavy (non-hydrogen) atoms. The molecule has 0 radical (unpaired) electrons. The van der Waals surface area contributed by atoms with Gasteiger partial charge in [-0.15, -0.1) is 0 Å². The van der Waals surface area contributed by atoms with Gasteiger partial charge in [-0.1, -0.05) is 97.1 Å². The Morgan fingerprint density at radius 3 is 1.12 bits per heavy atom. The first-order chi connectivity index (χ1) is 20.7. The zero-order chi connectivity index (χ0) is 28.5. The highest BCUT2D eigenvalue weighted by Crippen LogP contribution is 2.44. The van der Waals surface area contributed by atoms with E-state index >= 15 is 0 Å². The van der Waals surface area contributed by atoms with Crippen LogP contribution in [0.15, 0.2) is 133 Å². The third-order valence-electron chi connectivity index (χ3n) is 7.55. The first-order valence-corrected chi connectivity index (χ1v) is 13.6. The number of nitriles is 2. The molecular formula is C38H22N4. The Kier molecular flexibility index (Phi) is 6.21. The van der Waals surface area contributed by atoms with Crippen LogP contribution in [0, 0.1) is 22.7 Å².